The van der Waals surface area contributed by atoms with Crippen molar-refractivity contribution in [2.45, 2.75) is 11.2 Å². The van der Waals surface area contributed by atoms with E-state index in [0.29, 0.717) is 11.2 Å². The van der Waals surface area contributed by atoms with Gasteiger partial charge < -0.3 is 0 Å². The summed E-state index contributed by atoms with van der Waals surface area (Å²) in [6.07, 6.45) is 0.537. The van der Waals surface area contributed by atoms with Gasteiger partial charge in [-0.2, -0.15) is 0 Å². The van der Waals surface area contributed by atoms with E-state index in [1.54, 1.807) is 11.3 Å². The number of thiophene rings is 1. The minimum atomic E-state index is 0.00208. The van der Waals surface area contributed by atoms with E-state index in [1.807, 2.05) is 23.6 Å². The molecule has 1 aromatic carbocycles. The first-order valence-electron chi connectivity index (χ1n) is 5.78. The maximum atomic E-state index is 11.8. The number of amides is 1. The average molecular weight is 399 g/mol. The Morgan fingerprint density at radius 2 is 2.05 bits per heavy atom. The normalized spacial score (nSPS) is 19.3. The molecule has 0 saturated carbocycles. The van der Waals surface area contributed by atoms with Crippen LogP contribution in [0.2, 0.25) is 0 Å². The molecule has 1 aliphatic rings. The van der Waals surface area contributed by atoms with Crippen LogP contribution in [-0.4, -0.2) is 25.5 Å². The summed E-state index contributed by atoms with van der Waals surface area (Å²) >= 11 is 5.30. The summed E-state index contributed by atoms with van der Waals surface area (Å²) in [6.45, 7) is 0. The van der Waals surface area contributed by atoms with Crippen LogP contribution in [0.5, 0.6) is 0 Å². The van der Waals surface area contributed by atoms with Crippen molar-refractivity contribution >= 4 is 52.7 Å². The zero-order chi connectivity index (χ0) is 13.2. The molecule has 0 N–H and O–H groups in total. The molecule has 19 heavy (non-hydrogen) atoms. The van der Waals surface area contributed by atoms with Gasteiger partial charge >= 0.3 is 130 Å². The summed E-state index contributed by atoms with van der Waals surface area (Å²) in [5.41, 5.74) is 2.35. The van der Waals surface area contributed by atoms with Gasteiger partial charge in [0.05, 0.1) is 0 Å². The molecule has 0 aliphatic carbocycles. The molecule has 3 rings (SSSR count). The SMILES string of the molecule is O=C1C[C@H](c2ccc(Br)cc2)[Se]C(c2ccsc2)=N1. The molecule has 1 atom stereocenters. The van der Waals surface area contributed by atoms with Crippen LogP contribution < -0.4 is 0 Å². The van der Waals surface area contributed by atoms with Crippen LogP contribution in [0.15, 0.2) is 50.6 Å². The molecule has 0 unspecified atom stereocenters. The summed E-state index contributed by atoms with van der Waals surface area (Å²) in [5.74, 6) is 0.00208. The van der Waals surface area contributed by atoms with Gasteiger partial charge in [-0.25, -0.2) is 0 Å². The monoisotopic (exact) mass is 399 g/mol. The van der Waals surface area contributed by atoms with Crippen LogP contribution in [0.25, 0.3) is 0 Å². The van der Waals surface area contributed by atoms with Crippen molar-refractivity contribution in [1.82, 2.24) is 0 Å². The van der Waals surface area contributed by atoms with Gasteiger partial charge in [-0.1, -0.05) is 0 Å². The molecule has 1 aliphatic heterocycles. The number of hydrogen-bond acceptors (Lipinski definition) is 2. The number of nitrogens with zero attached hydrogens (tertiary/aromatic N) is 1. The van der Waals surface area contributed by atoms with Crippen molar-refractivity contribution in [1.29, 1.82) is 0 Å². The Balaban J connectivity index is 1.88. The second-order valence-electron chi connectivity index (χ2n) is 4.18. The van der Waals surface area contributed by atoms with E-state index in [1.165, 1.54) is 5.56 Å². The molecule has 96 valence electrons. The number of carbonyl (C=O) groups excluding carboxylic acids is 1. The Morgan fingerprint density at radius 3 is 2.74 bits per heavy atom. The van der Waals surface area contributed by atoms with Crippen molar-refractivity contribution in [3.8, 4) is 0 Å². The van der Waals surface area contributed by atoms with Gasteiger partial charge in [0, 0.05) is 0 Å². The van der Waals surface area contributed by atoms with E-state index in [0.717, 1.165) is 14.6 Å². The molecule has 0 spiro atoms. The van der Waals surface area contributed by atoms with Gasteiger partial charge in [-0.05, 0) is 0 Å². The summed E-state index contributed by atoms with van der Waals surface area (Å²) < 4.78 is 2.05. The number of benzene rings is 1. The Bertz CT molecular complexity index is 621. The number of aliphatic imine (C=N–C) groups is 1. The number of rotatable bonds is 2. The van der Waals surface area contributed by atoms with Gasteiger partial charge in [0.25, 0.3) is 0 Å². The molecular weight excluding hydrogens is 389 g/mol. The summed E-state index contributed by atoms with van der Waals surface area (Å²) in [4.78, 5) is 16.4. The second-order valence-corrected chi connectivity index (χ2v) is 8.38. The van der Waals surface area contributed by atoms with Gasteiger partial charge in [-0.15, -0.1) is 0 Å². The fourth-order valence-electron chi connectivity index (χ4n) is 1.90. The first-order chi connectivity index (χ1) is 9.22. The molecule has 2 nitrogen and oxygen atoms in total. The molecular formula is C14H10BrNOSSe. The first-order valence-corrected chi connectivity index (χ1v) is 9.37. The molecule has 1 aromatic heterocycles. The van der Waals surface area contributed by atoms with Crippen LogP contribution in [0, 0.1) is 0 Å². The second kappa shape index (κ2) is 5.71. The van der Waals surface area contributed by atoms with Crippen molar-refractivity contribution in [2.75, 3.05) is 0 Å². The minimum absolute atomic E-state index is 0.00208. The predicted molar refractivity (Wildman–Crippen MR) is 83.1 cm³/mol. The Labute approximate surface area is 130 Å². The van der Waals surface area contributed by atoms with Crippen molar-refractivity contribution in [3.05, 3.63) is 56.7 Å². The van der Waals surface area contributed by atoms with Gasteiger partial charge in [0.15, 0.2) is 0 Å². The fraction of sp³-hybridized carbons (Fsp3) is 0.143. The van der Waals surface area contributed by atoms with E-state index in [9.17, 15) is 4.79 Å². The summed E-state index contributed by atoms with van der Waals surface area (Å²) in [6, 6.07) is 10.3. The van der Waals surface area contributed by atoms with E-state index < -0.39 is 0 Å². The number of carbonyl (C=O) groups is 1. The van der Waals surface area contributed by atoms with E-state index in [4.69, 9.17) is 0 Å². The van der Waals surface area contributed by atoms with Crippen molar-refractivity contribution in [3.63, 3.8) is 0 Å². The average Bonchev–Trinajstić information content (AvgIpc) is 2.93. The molecule has 5 heteroatoms. The van der Waals surface area contributed by atoms with E-state index in [2.05, 4.69) is 38.4 Å². The first kappa shape index (κ1) is 13.3. The standard InChI is InChI=1S/C14H10BrNOSSe/c15-11-3-1-9(2-4-11)12-7-13(17)16-14(19-12)10-5-6-18-8-10/h1-6,8,12H,7H2/t12-/m1/s1. The van der Waals surface area contributed by atoms with Crippen LogP contribution in [0.4, 0.5) is 0 Å². The Hall–Kier alpha value is -0.741. The fourth-order valence-corrected chi connectivity index (χ4v) is 5.51. The molecule has 0 saturated heterocycles. The van der Waals surface area contributed by atoms with Crippen LogP contribution in [0.1, 0.15) is 22.4 Å². The quantitative estimate of drug-likeness (QED) is 0.710. The van der Waals surface area contributed by atoms with Crippen LogP contribution in [-0.2, 0) is 4.79 Å². The molecule has 0 fully saturated rings. The maximum absolute atomic E-state index is 11.8. The topological polar surface area (TPSA) is 29.4 Å². The zero-order valence-corrected chi connectivity index (χ0v) is 14.0. The predicted octanol–water partition coefficient (Wildman–Crippen LogP) is 3.63. The third-order valence-corrected chi connectivity index (χ3v) is 6.73. The van der Waals surface area contributed by atoms with Crippen LogP contribution in [0.3, 0.4) is 0 Å². The van der Waals surface area contributed by atoms with Gasteiger partial charge in [0.1, 0.15) is 0 Å². The van der Waals surface area contributed by atoms with Gasteiger partial charge in [-0.3, -0.25) is 0 Å². The van der Waals surface area contributed by atoms with Crippen LogP contribution >= 0.6 is 27.3 Å². The molecule has 1 amide bonds. The third-order valence-electron chi connectivity index (χ3n) is 2.85. The number of hydrogen-bond donors (Lipinski definition) is 0. The van der Waals surface area contributed by atoms with Gasteiger partial charge in [0.2, 0.25) is 0 Å². The zero-order valence-electron chi connectivity index (χ0n) is 9.88. The Kier molecular flexibility index (Phi) is 3.99. The van der Waals surface area contributed by atoms with Crippen molar-refractivity contribution < 1.29 is 4.79 Å². The molecule has 2 aromatic rings. The summed E-state index contributed by atoms with van der Waals surface area (Å²) in [5, 5.41) is 4.10. The van der Waals surface area contributed by atoms with E-state index in [-0.39, 0.29) is 20.9 Å². The molecule has 0 radical (unpaired) electrons. The Morgan fingerprint density at radius 1 is 1.26 bits per heavy atom. The third kappa shape index (κ3) is 3.06. The number of halogens is 1. The molecule has 0 bridgehead atoms. The van der Waals surface area contributed by atoms with E-state index >= 15 is 0 Å². The molecule has 2 heterocycles. The summed E-state index contributed by atoms with van der Waals surface area (Å²) in [7, 11) is 0. The van der Waals surface area contributed by atoms with Crippen molar-refractivity contribution in [2.24, 2.45) is 4.99 Å².